The van der Waals surface area contributed by atoms with Crippen LogP contribution >= 0.6 is 0 Å². The highest BCUT2D eigenvalue weighted by Gasteiger charge is 2.39. The second-order valence-corrected chi connectivity index (χ2v) is 7.65. The molecule has 6 heteroatoms. The van der Waals surface area contributed by atoms with Crippen molar-refractivity contribution in [1.29, 1.82) is 0 Å². The Morgan fingerprint density at radius 3 is 2.76 bits per heavy atom. The van der Waals surface area contributed by atoms with Crippen LogP contribution in [0, 0.1) is 11.7 Å². The molecule has 29 heavy (non-hydrogen) atoms. The van der Waals surface area contributed by atoms with E-state index in [0.717, 1.165) is 12.1 Å². The van der Waals surface area contributed by atoms with Crippen LogP contribution < -0.4 is 10.6 Å². The molecule has 4 rings (SSSR count). The maximum absolute atomic E-state index is 14.0. The molecule has 0 fully saturated rings. The highest BCUT2D eigenvalue weighted by atomic mass is 19.1. The summed E-state index contributed by atoms with van der Waals surface area (Å²) in [6.07, 6.45) is 2.73. The third-order valence-corrected chi connectivity index (χ3v) is 5.36. The van der Waals surface area contributed by atoms with Crippen molar-refractivity contribution < 1.29 is 14.0 Å². The molecule has 0 spiro atoms. The van der Waals surface area contributed by atoms with E-state index in [-0.39, 0.29) is 17.6 Å². The summed E-state index contributed by atoms with van der Waals surface area (Å²) in [4.78, 5) is 30.3. The molecule has 5 nitrogen and oxygen atoms in total. The Kier molecular flexibility index (Phi) is 5.01. The van der Waals surface area contributed by atoms with Crippen LogP contribution in [-0.2, 0) is 9.59 Å². The molecule has 1 aromatic heterocycles. The third kappa shape index (κ3) is 3.70. The van der Waals surface area contributed by atoms with Gasteiger partial charge in [-0.3, -0.25) is 9.59 Å². The molecule has 0 radical (unpaired) electrons. The number of carbonyl (C=O) groups excluding carboxylic acids is 2. The normalized spacial score (nSPS) is 21.6. The molecule has 2 atom stereocenters. The van der Waals surface area contributed by atoms with Gasteiger partial charge in [0.2, 0.25) is 0 Å². The van der Waals surface area contributed by atoms with Gasteiger partial charge in [-0.25, -0.2) is 9.37 Å². The maximum Gasteiger partial charge on any atom is 0.255 e. The summed E-state index contributed by atoms with van der Waals surface area (Å²) >= 11 is 0. The summed E-state index contributed by atoms with van der Waals surface area (Å²) in [5.41, 5.74) is 3.05. The Balaban J connectivity index is 1.81. The maximum atomic E-state index is 14.0. The fraction of sp³-hybridized carbons (Fsp3) is 0.261. The predicted octanol–water partition coefficient (Wildman–Crippen LogP) is 4.07. The number of nitrogens with one attached hydrogen (secondary N) is 2. The second kappa shape index (κ2) is 7.62. The first-order valence-electron chi connectivity index (χ1n) is 9.66. The second-order valence-electron chi connectivity index (χ2n) is 7.65. The van der Waals surface area contributed by atoms with Gasteiger partial charge in [0.15, 0.2) is 5.78 Å². The Labute approximate surface area is 168 Å². The first-order chi connectivity index (χ1) is 13.9. The van der Waals surface area contributed by atoms with E-state index in [0.29, 0.717) is 34.6 Å². The zero-order chi connectivity index (χ0) is 20.5. The monoisotopic (exact) mass is 391 g/mol. The number of hydrogen-bond acceptors (Lipinski definition) is 4. The SMILES string of the molecule is CC1=C(C(=O)Nc2ccccn2)[C@@H](c2cccc(F)c2)C2=C(C[C@H](C)CC2=O)N1. The first-order valence-corrected chi connectivity index (χ1v) is 9.66. The number of dihydropyridines is 1. The molecule has 2 aromatic rings. The van der Waals surface area contributed by atoms with Gasteiger partial charge in [0.25, 0.3) is 5.91 Å². The fourth-order valence-corrected chi connectivity index (χ4v) is 4.17. The number of halogens is 1. The van der Waals surface area contributed by atoms with Crippen LogP contribution in [0.1, 0.15) is 38.2 Å². The zero-order valence-electron chi connectivity index (χ0n) is 16.3. The van der Waals surface area contributed by atoms with Crippen molar-refractivity contribution in [3.05, 3.63) is 82.6 Å². The van der Waals surface area contributed by atoms with E-state index < -0.39 is 11.7 Å². The molecule has 2 N–H and O–H groups in total. The summed E-state index contributed by atoms with van der Waals surface area (Å²) in [6, 6.07) is 11.3. The van der Waals surface area contributed by atoms with Crippen molar-refractivity contribution in [2.24, 2.45) is 5.92 Å². The average Bonchev–Trinajstić information content (AvgIpc) is 2.67. The molecular formula is C23H22FN3O2. The van der Waals surface area contributed by atoms with E-state index in [2.05, 4.69) is 15.6 Å². The lowest BCUT2D eigenvalue weighted by molar-refractivity contribution is -0.117. The highest BCUT2D eigenvalue weighted by molar-refractivity contribution is 6.09. The smallest absolute Gasteiger partial charge is 0.255 e. The van der Waals surface area contributed by atoms with Crippen LogP contribution in [0.25, 0.3) is 0 Å². The number of benzene rings is 1. The quantitative estimate of drug-likeness (QED) is 0.827. The first kappa shape index (κ1) is 19.1. The summed E-state index contributed by atoms with van der Waals surface area (Å²) in [5, 5.41) is 6.07. The Bertz CT molecular complexity index is 1040. The van der Waals surface area contributed by atoms with Gasteiger partial charge in [-0.2, -0.15) is 0 Å². The predicted molar refractivity (Wildman–Crippen MR) is 108 cm³/mol. The number of Topliss-reactive ketones (excluding diaryl/α,β-unsaturated/α-hetero) is 1. The third-order valence-electron chi connectivity index (χ3n) is 5.36. The number of aromatic nitrogens is 1. The topological polar surface area (TPSA) is 71.1 Å². The average molecular weight is 391 g/mol. The van der Waals surface area contributed by atoms with E-state index in [9.17, 15) is 14.0 Å². The number of nitrogens with zero attached hydrogens (tertiary/aromatic N) is 1. The fourth-order valence-electron chi connectivity index (χ4n) is 4.17. The van der Waals surface area contributed by atoms with Crippen LogP contribution in [0.5, 0.6) is 0 Å². The molecule has 1 aliphatic heterocycles. The van der Waals surface area contributed by atoms with Gasteiger partial charge in [0, 0.05) is 41.1 Å². The van der Waals surface area contributed by atoms with Crippen LogP contribution in [-0.4, -0.2) is 16.7 Å². The molecule has 0 unspecified atom stereocenters. The van der Waals surface area contributed by atoms with Gasteiger partial charge in [0.05, 0.1) is 0 Å². The molecule has 0 bridgehead atoms. The Morgan fingerprint density at radius 2 is 2.03 bits per heavy atom. The van der Waals surface area contributed by atoms with E-state index in [4.69, 9.17) is 0 Å². The van der Waals surface area contributed by atoms with Gasteiger partial charge in [-0.05, 0) is 49.1 Å². The van der Waals surface area contributed by atoms with Crippen molar-refractivity contribution in [1.82, 2.24) is 10.3 Å². The van der Waals surface area contributed by atoms with Gasteiger partial charge < -0.3 is 10.6 Å². The number of ketones is 1. The lowest BCUT2D eigenvalue weighted by atomic mass is 9.73. The van der Waals surface area contributed by atoms with E-state index in [1.54, 1.807) is 36.5 Å². The van der Waals surface area contributed by atoms with Crippen LogP contribution in [0.2, 0.25) is 0 Å². The summed E-state index contributed by atoms with van der Waals surface area (Å²) in [6.45, 7) is 3.84. The number of hydrogen-bond donors (Lipinski definition) is 2. The molecule has 1 aliphatic carbocycles. The molecule has 1 aromatic carbocycles. The van der Waals surface area contributed by atoms with Crippen molar-refractivity contribution >= 4 is 17.5 Å². The van der Waals surface area contributed by atoms with E-state index in [1.165, 1.54) is 12.1 Å². The number of amides is 1. The molecular weight excluding hydrogens is 369 g/mol. The lowest BCUT2D eigenvalue weighted by Gasteiger charge is -2.36. The zero-order valence-corrected chi connectivity index (χ0v) is 16.3. The minimum Gasteiger partial charge on any atom is -0.362 e. The molecule has 2 heterocycles. The number of carbonyl (C=O) groups is 2. The Hall–Kier alpha value is -3.28. The molecule has 1 amide bonds. The highest BCUT2D eigenvalue weighted by Crippen LogP contribution is 2.43. The minimum atomic E-state index is -0.620. The lowest BCUT2D eigenvalue weighted by Crippen LogP contribution is -2.37. The molecule has 2 aliphatic rings. The molecule has 148 valence electrons. The number of rotatable bonds is 3. The summed E-state index contributed by atoms with van der Waals surface area (Å²) < 4.78 is 14.0. The number of anilines is 1. The van der Waals surface area contributed by atoms with Crippen molar-refractivity contribution in [3.63, 3.8) is 0 Å². The van der Waals surface area contributed by atoms with Crippen molar-refractivity contribution in [2.45, 2.75) is 32.6 Å². The number of allylic oxidation sites excluding steroid dienone is 3. The largest absolute Gasteiger partial charge is 0.362 e. The summed E-state index contributed by atoms with van der Waals surface area (Å²) in [7, 11) is 0. The van der Waals surface area contributed by atoms with E-state index >= 15 is 0 Å². The summed E-state index contributed by atoms with van der Waals surface area (Å²) in [5.74, 6) is -0.748. The van der Waals surface area contributed by atoms with Crippen LogP contribution in [0.4, 0.5) is 10.2 Å². The minimum absolute atomic E-state index is 0.00357. The van der Waals surface area contributed by atoms with Gasteiger partial charge in [-0.15, -0.1) is 0 Å². The van der Waals surface area contributed by atoms with Crippen molar-refractivity contribution in [3.8, 4) is 0 Å². The van der Waals surface area contributed by atoms with Crippen LogP contribution in [0.3, 0.4) is 0 Å². The van der Waals surface area contributed by atoms with Crippen molar-refractivity contribution in [2.75, 3.05) is 5.32 Å². The van der Waals surface area contributed by atoms with Crippen LogP contribution in [0.15, 0.2) is 71.2 Å². The van der Waals surface area contributed by atoms with E-state index in [1.807, 2.05) is 13.8 Å². The van der Waals surface area contributed by atoms with Gasteiger partial charge >= 0.3 is 0 Å². The number of pyridine rings is 1. The molecule has 0 saturated carbocycles. The Morgan fingerprint density at radius 1 is 1.21 bits per heavy atom. The molecule has 0 saturated heterocycles. The van der Waals surface area contributed by atoms with Gasteiger partial charge in [-0.1, -0.05) is 25.1 Å². The standard InChI is InChI=1S/C23H22FN3O2/c1-13-10-17-22(18(28)11-13)21(15-6-5-7-16(24)12-15)20(14(2)26-17)23(29)27-19-8-3-4-9-25-19/h3-9,12-13,21,26H,10-11H2,1-2H3,(H,25,27,29)/t13-,21+/m0/s1. The van der Waals surface area contributed by atoms with Gasteiger partial charge in [0.1, 0.15) is 11.6 Å².